The standard InChI is InChI=1S/C7H4N2O5/c10-7(11)5-3-4(9(13)14)1-2-6(5)8-12/h1-3H,(H,10,11). The van der Waals surface area contributed by atoms with Crippen LogP contribution in [0.3, 0.4) is 0 Å². The number of carboxylic acid groups (broad SMARTS) is 1. The van der Waals surface area contributed by atoms with E-state index in [1.807, 2.05) is 0 Å². The van der Waals surface area contributed by atoms with E-state index < -0.39 is 22.1 Å². The molecule has 1 aromatic rings. The first-order chi connectivity index (χ1) is 6.56. The maximum atomic E-state index is 10.5. The second-order valence-electron chi connectivity index (χ2n) is 2.36. The maximum absolute atomic E-state index is 10.5. The summed E-state index contributed by atoms with van der Waals surface area (Å²) in [6, 6.07) is 2.80. The summed E-state index contributed by atoms with van der Waals surface area (Å²) in [4.78, 5) is 30.2. The second-order valence-corrected chi connectivity index (χ2v) is 2.36. The lowest BCUT2D eigenvalue weighted by molar-refractivity contribution is -0.384. The highest BCUT2D eigenvalue weighted by Gasteiger charge is 2.16. The highest BCUT2D eigenvalue weighted by Crippen LogP contribution is 2.24. The van der Waals surface area contributed by atoms with Crippen LogP contribution in [0.5, 0.6) is 0 Å². The fraction of sp³-hybridized carbons (Fsp3) is 0. The number of hydrogen-bond donors (Lipinski definition) is 1. The van der Waals surface area contributed by atoms with E-state index in [0.29, 0.717) is 0 Å². The molecule has 0 aliphatic rings. The Kier molecular flexibility index (Phi) is 2.52. The molecule has 72 valence electrons. The van der Waals surface area contributed by atoms with Gasteiger partial charge in [0.25, 0.3) is 5.69 Å². The van der Waals surface area contributed by atoms with Crippen LogP contribution in [0, 0.1) is 15.0 Å². The molecule has 0 saturated carbocycles. The minimum Gasteiger partial charge on any atom is -0.478 e. The SMILES string of the molecule is O=Nc1ccc([N+](=O)[O-])cc1C(=O)O. The summed E-state index contributed by atoms with van der Waals surface area (Å²) in [7, 11) is 0. The number of carbonyl (C=O) groups is 1. The van der Waals surface area contributed by atoms with Gasteiger partial charge in [0.05, 0.1) is 10.5 Å². The van der Waals surface area contributed by atoms with Gasteiger partial charge in [0.1, 0.15) is 5.69 Å². The van der Waals surface area contributed by atoms with Gasteiger partial charge in [0, 0.05) is 12.1 Å². The Morgan fingerprint density at radius 2 is 2.14 bits per heavy atom. The van der Waals surface area contributed by atoms with E-state index in [9.17, 15) is 19.8 Å². The maximum Gasteiger partial charge on any atom is 0.338 e. The van der Waals surface area contributed by atoms with Gasteiger partial charge in [-0.15, -0.1) is 4.91 Å². The summed E-state index contributed by atoms with van der Waals surface area (Å²) in [5.41, 5.74) is -1.20. The first-order valence-corrected chi connectivity index (χ1v) is 3.41. The number of hydrogen-bond acceptors (Lipinski definition) is 5. The van der Waals surface area contributed by atoms with Gasteiger partial charge >= 0.3 is 5.97 Å². The van der Waals surface area contributed by atoms with Crippen molar-refractivity contribution in [2.75, 3.05) is 0 Å². The van der Waals surface area contributed by atoms with E-state index >= 15 is 0 Å². The zero-order chi connectivity index (χ0) is 10.7. The lowest BCUT2D eigenvalue weighted by Crippen LogP contribution is -1.98. The predicted octanol–water partition coefficient (Wildman–Crippen LogP) is 1.69. The molecule has 1 aromatic carbocycles. The molecule has 0 saturated heterocycles. The molecule has 0 unspecified atom stereocenters. The second kappa shape index (κ2) is 3.60. The summed E-state index contributed by atoms with van der Waals surface area (Å²) in [6.07, 6.45) is 0. The zero-order valence-corrected chi connectivity index (χ0v) is 6.71. The van der Waals surface area contributed by atoms with E-state index in [-0.39, 0.29) is 5.69 Å². The molecule has 0 fully saturated rings. The van der Waals surface area contributed by atoms with E-state index in [0.717, 1.165) is 18.2 Å². The van der Waals surface area contributed by atoms with Crippen molar-refractivity contribution in [1.82, 2.24) is 0 Å². The van der Waals surface area contributed by atoms with Crippen molar-refractivity contribution >= 4 is 17.3 Å². The topological polar surface area (TPSA) is 110 Å². The van der Waals surface area contributed by atoms with Crippen molar-refractivity contribution in [2.45, 2.75) is 0 Å². The Hall–Kier alpha value is -2.31. The lowest BCUT2D eigenvalue weighted by atomic mass is 10.1. The Bertz CT molecular complexity index is 415. The molecular formula is C7H4N2O5. The van der Waals surface area contributed by atoms with Crippen LogP contribution in [0.4, 0.5) is 11.4 Å². The quantitative estimate of drug-likeness (QED) is 0.449. The van der Waals surface area contributed by atoms with Gasteiger partial charge < -0.3 is 5.11 Å². The van der Waals surface area contributed by atoms with Gasteiger partial charge in [-0.1, -0.05) is 0 Å². The van der Waals surface area contributed by atoms with Gasteiger partial charge in [0.15, 0.2) is 0 Å². The first-order valence-electron chi connectivity index (χ1n) is 3.41. The number of non-ortho nitro benzene ring substituents is 1. The fourth-order valence-corrected chi connectivity index (χ4v) is 0.888. The molecule has 0 atom stereocenters. The molecule has 0 amide bonds. The Labute approximate surface area is 77.1 Å². The van der Waals surface area contributed by atoms with Crippen molar-refractivity contribution in [2.24, 2.45) is 5.18 Å². The molecule has 0 spiro atoms. The summed E-state index contributed by atoms with van der Waals surface area (Å²) < 4.78 is 0. The number of nitroso groups, excluding NO2 is 1. The third kappa shape index (κ3) is 1.71. The van der Waals surface area contributed by atoms with E-state index in [1.54, 1.807) is 0 Å². The fourth-order valence-electron chi connectivity index (χ4n) is 0.888. The molecule has 0 aromatic heterocycles. The van der Waals surface area contributed by atoms with E-state index in [2.05, 4.69) is 5.18 Å². The van der Waals surface area contributed by atoms with Crippen LogP contribution in [-0.2, 0) is 0 Å². The van der Waals surface area contributed by atoms with Gasteiger partial charge in [-0.05, 0) is 11.2 Å². The number of nitrogens with zero attached hydrogens (tertiary/aromatic N) is 2. The normalized spacial score (nSPS) is 9.43. The highest BCUT2D eigenvalue weighted by molar-refractivity contribution is 5.94. The number of aromatic carboxylic acids is 1. The van der Waals surface area contributed by atoms with Crippen LogP contribution in [0.2, 0.25) is 0 Å². The van der Waals surface area contributed by atoms with Crippen LogP contribution in [0.25, 0.3) is 0 Å². The number of carboxylic acids is 1. The molecule has 1 N–H and O–H groups in total. The Balaban J connectivity index is 3.34. The lowest BCUT2D eigenvalue weighted by Gasteiger charge is -1.96. The van der Waals surface area contributed by atoms with Crippen LogP contribution in [0.1, 0.15) is 10.4 Å². The molecule has 7 nitrogen and oxygen atoms in total. The van der Waals surface area contributed by atoms with Crippen LogP contribution in [-0.4, -0.2) is 16.0 Å². The molecule has 14 heavy (non-hydrogen) atoms. The Morgan fingerprint density at radius 3 is 2.57 bits per heavy atom. The van der Waals surface area contributed by atoms with Crippen LogP contribution in [0.15, 0.2) is 23.4 Å². The van der Waals surface area contributed by atoms with Crippen LogP contribution >= 0.6 is 0 Å². The molecule has 0 bridgehead atoms. The monoisotopic (exact) mass is 196 g/mol. The number of rotatable bonds is 3. The molecule has 0 aliphatic heterocycles. The van der Waals surface area contributed by atoms with Crippen molar-refractivity contribution < 1.29 is 14.8 Å². The number of benzene rings is 1. The van der Waals surface area contributed by atoms with Gasteiger partial charge in [-0.2, -0.15) is 0 Å². The molecule has 7 heteroatoms. The summed E-state index contributed by atoms with van der Waals surface area (Å²) in [6.45, 7) is 0. The molecule has 0 radical (unpaired) electrons. The Morgan fingerprint density at radius 1 is 1.50 bits per heavy atom. The molecule has 0 heterocycles. The number of nitro benzene ring substituents is 1. The summed E-state index contributed by atoms with van der Waals surface area (Å²) in [5, 5.41) is 21.3. The molecule has 1 rings (SSSR count). The summed E-state index contributed by atoms with van der Waals surface area (Å²) >= 11 is 0. The first kappa shape index (κ1) is 9.78. The number of nitro groups is 1. The predicted molar refractivity (Wildman–Crippen MR) is 45.5 cm³/mol. The third-order valence-corrected chi connectivity index (χ3v) is 1.52. The minimum absolute atomic E-state index is 0.330. The average Bonchev–Trinajstić information content (AvgIpc) is 2.16. The largest absolute Gasteiger partial charge is 0.478 e. The van der Waals surface area contributed by atoms with E-state index in [1.165, 1.54) is 0 Å². The van der Waals surface area contributed by atoms with Crippen molar-refractivity contribution in [1.29, 1.82) is 0 Å². The van der Waals surface area contributed by atoms with Crippen molar-refractivity contribution in [3.63, 3.8) is 0 Å². The van der Waals surface area contributed by atoms with Crippen LogP contribution < -0.4 is 0 Å². The summed E-state index contributed by atoms with van der Waals surface area (Å²) in [5.74, 6) is -1.43. The van der Waals surface area contributed by atoms with Gasteiger partial charge in [-0.25, -0.2) is 4.79 Å². The van der Waals surface area contributed by atoms with Crippen molar-refractivity contribution in [3.05, 3.63) is 38.8 Å². The average molecular weight is 196 g/mol. The smallest absolute Gasteiger partial charge is 0.338 e. The zero-order valence-electron chi connectivity index (χ0n) is 6.71. The highest BCUT2D eigenvalue weighted by atomic mass is 16.6. The van der Waals surface area contributed by atoms with Gasteiger partial charge in [0.2, 0.25) is 0 Å². The molecule has 0 aliphatic carbocycles. The molecular weight excluding hydrogens is 192 g/mol. The van der Waals surface area contributed by atoms with Crippen molar-refractivity contribution in [3.8, 4) is 0 Å². The third-order valence-electron chi connectivity index (χ3n) is 1.52. The van der Waals surface area contributed by atoms with Gasteiger partial charge in [-0.3, -0.25) is 10.1 Å². The minimum atomic E-state index is -1.43. The van der Waals surface area contributed by atoms with E-state index in [4.69, 9.17) is 5.11 Å².